The maximum absolute atomic E-state index is 9.84. The third-order valence-corrected chi connectivity index (χ3v) is 4.73. The van der Waals surface area contributed by atoms with E-state index in [4.69, 9.17) is 4.74 Å². The van der Waals surface area contributed by atoms with E-state index in [1.54, 1.807) is 0 Å². The van der Waals surface area contributed by atoms with Crippen LogP contribution in [0.25, 0.3) is 21.8 Å². The fraction of sp³-hybridized carbons (Fsp3) is 0.182. The lowest BCUT2D eigenvalue weighted by atomic mass is 10.1. The molecule has 0 atom stereocenters. The lowest BCUT2D eigenvalue weighted by Gasteiger charge is -2.12. The van der Waals surface area contributed by atoms with E-state index in [0.29, 0.717) is 6.61 Å². The smallest absolute Gasteiger partial charge is 0.120 e. The number of aromatic nitrogens is 1. The van der Waals surface area contributed by atoms with Crippen molar-refractivity contribution in [2.75, 3.05) is 19.0 Å². The van der Waals surface area contributed by atoms with E-state index in [1.165, 1.54) is 0 Å². The van der Waals surface area contributed by atoms with E-state index in [9.17, 15) is 5.11 Å². The molecule has 4 nitrogen and oxygen atoms in total. The van der Waals surface area contributed by atoms with Crippen LogP contribution < -0.4 is 9.64 Å². The Morgan fingerprint density at radius 2 is 1.58 bits per heavy atom. The van der Waals surface area contributed by atoms with Crippen LogP contribution in [-0.2, 0) is 13.3 Å². The highest BCUT2D eigenvalue weighted by molar-refractivity contribution is 6.09. The summed E-state index contributed by atoms with van der Waals surface area (Å²) in [4.78, 5) is 2.08. The molecule has 4 aromatic rings. The van der Waals surface area contributed by atoms with Crippen LogP contribution in [0.2, 0.25) is 0 Å². The van der Waals surface area contributed by atoms with Gasteiger partial charge in [-0.3, -0.25) is 0 Å². The highest BCUT2D eigenvalue weighted by Gasteiger charge is 2.12. The molecular weight excluding hydrogens is 324 g/mol. The number of benzene rings is 3. The van der Waals surface area contributed by atoms with Gasteiger partial charge in [0.05, 0.1) is 11.0 Å². The summed E-state index contributed by atoms with van der Waals surface area (Å²) in [6.07, 6.45) is 0. The normalized spacial score (nSPS) is 11.2. The van der Waals surface area contributed by atoms with Gasteiger partial charge in [0.2, 0.25) is 0 Å². The molecule has 0 aliphatic heterocycles. The molecule has 4 rings (SSSR count). The van der Waals surface area contributed by atoms with Gasteiger partial charge in [-0.1, -0.05) is 30.3 Å². The van der Waals surface area contributed by atoms with E-state index in [1.807, 2.05) is 49.0 Å². The first-order chi connectivity index (χ1) is 12.7. The van der Waals surface area contributed by atoms with E-state index in [2.05, 4.69) is 41.3 Å². The molecule has 0 aliphatic carbocycles. The summed E-state index contributed by atoms with van der Waals surface area (Å²) >= 11 is 0. The van der Waals surface area contributed by atoms with Gasteiger partial charge in [0.1, 0.15) is 19.1 Å². The summed E-state index contributed by atoms with van der Waals surface area (Å²) in [6.45, 7) is 0.486. The lowest BCUT2D eigenvalue weighted by Crippen LogP contribution is -2.08. The molecule has 3 aromatic carbocycles. The Balaban J connectivity index is 1.78. The Kier molecular flexibility index (Phi) is 4.27. The van der Waals surface area contributed by atoms with Crippen molar-refractivity contribution in [3.63, 3.8) is 0 Å². The molecule has 1 heterocycles. The van der Waals surface area contributed by atoms with Gasteiger partial charge in [0.15, 0.2) is 0 Å². The predicted molar refractivity (Wildman–Crippen MR) is 107 cm³/mol. The zero-order valence-corrected chi connectivity index (χ0v) is 15.0. The molecule has 0 unspecified atom stereocenters. The second-order valence-corrected chi connectivity index (χ2v) is 6.62. The van der Waals surface area contributed by atoms with Crippen molar-refractivity contribution in [2.45, 2.75) is 13.3 Å². The third kappa shape index (κ3) is 2.89. The second-order valence-electron chi connectivity index (χ2n) is 6.62. The molecule has 0 saturated carbocycles. The molecule has 132 valence electrons. The van der Waals surface area contributed by atoms with Crippen molar-refractivity contribution in [3.8, 4) is 5.75 Å². The van der Waals surface area contributed by atoms with Crippen LogP contribution in [0.5, 0.6) is 5.75 Å². The molecule has 4 heteroatoms. The van der Waals surface area contributed by atoms with Gasteiger partial charge < -0.3 is 19.3 Å². The van der Waals surface area contributed by atoms with Crippen LogP contribution in [0.4, 0.5) is 5.69 Å². The van der Waals surface area contributed by atoms with Gasteiger partial charge in [-0.25, -0.2) is 0 Å². The number of anilines is 1. The van der Waals surface area contributed by atoms with Crippen LogP contribution in [0.3, 0.4) is 0 Å². The first-order valence-corrected chi connectivity index (χ1v) is 8.68. The van der Waals surface area contributed by atoms with Crippen molar-refractivity contribution in [2.24, 2.45) is 0 Å². The highest BCUT2D eigenvalue weighted by Crippen LogP contribution is 2.34. The average molecular weight is 346 g/mol. The molecule has 0 saturated heterocycles. The van der Waals surface area contributed by atoms with E-state index in [0.717, 1.165) is 38.8 Å². The van der Waals surface area contributed by atoms with E-state index in [-0.39, 0.29) is 6.73 Å². The number of rotatable bonds is 5. The molecule has 26 heavy (non-hydrogen) atoms. The monoisotopic (exact) mass is 346 g/mol. The molecule has 0 aliphatic rings. The third-order valence-electron chi connectivity index (χ3n) is 4.73. The molecule has 0 fully saturated rings. The topological polar surface area (TPSA) is 37.6 Å². The van der Waals surface area contributed by atoms with Gasteiger partial charge in [0, 0.05) is 30.6 Å². The molecule has 1 aromatic heterocycles. The number of aliphatic hydroxyl groups is 1. The van der Waals surface area contributed by atoms with Gasteiger partial charge in [-0.05, 0) is 42.0 Å². The molecule has 0 spiro atoms. The fourth-order valence-electron chi connectivity index (χ4n) is 3.33. The van der Waals surface area contributed by atoms with Crippen LogP contribution in [0.15, 0.2) is 66.7 Å². The number of hydrogen-bond acceptors (Lipinski definition) is 3. The maximum Gasteiger partial charge on any atom is 0.120 e. The summed E-state index contributed by atoms with van der Waals surface area (Å²) in [5, 5.41) is 12.0. The summed E-state index contributed by atoms with van der Waals surface area (Å²) in [7, 11) is 4.06. The van der Waals surface area contributed by atoms with Crippen molar-refractivity contribution in [1.29, 1.82) is 0 Å². The molecule has 0 bridgehead atoms. The fourth-order valence-corrected chi connectivity index (χ4v) is 3.33. The van der Waals surface area contributed by atoms with Gasteiger partial charge in [-0.2, -0.15) is 0 Å². The Morgan fingerprint density at radius 1 is 0.885 bits per heavy atom. The standard InChI is InChI=1S/C22H22N2O2/c1-23(2)17-8-10-21-19(12-17)20-13-18(9-11-22(20)24(21)15-25)26-14-16-6-4-3-5-7-16/h3-13,25H,14-15H2,1-2H3. The second kappa shape index (κ2) is 6.73. The zero-order chi connectivity index (χ0) is 18.1. The van der Waals surface area contributed by atoms with Crippen molar-refractivity contribution in [3.05, 3.63) is 72.3 Å². The van der Waals surface area contributed by atoms with Gasteiger partial charge in [0.25, 0.3) is 0 Å². The SMILES string of the molecule is CN(C)c1ccc2c(c1)c1cc(OCc3ccccc3)ccc1n2CO. The molecule has 1 N–H and O–H groups in total. The minimum absolute atomic E-state index is 0.0501. The van der Waals surface area contributed by atoms with Crippen LogP contribution >= 0.6 is 0 Å². The van der Waals surface area contributed by atoms with Gasteiger partial charge >= 0.3 is 0 Å². The zero-order valence-electron chi connectivity index (χ0n) is 15.0. The predicted octanol–water partition coefficient (Wildman–Crippen LogP) is 4.39. The minimum Gasteiger partial charge on any atom is -0.489 e. The largest absolute Gasteiger partial charge is 0.489 e. The Morgan fingerprint density at radius 3 is 2.27 bits per heavy atom. The Hall–Kier alpha value is -2.98. The lowest BCUT2D eigenvalue weighted by molar-refractivity contribution is 0.220. The summed E-state index contributed by atoms with van der Waals surface area (Å²) < 4.78 is 7.91. The maximum atomic E-state index is 9.84. The minimum atomic E-state index is -0.0501. The summed E-state index contributed by atoms with van der Waals surface area (Å²) in [5.74, 6) is 0.827. The Labute approximate surface area is 152 Å². The molecular formula is C22H22N2O2. The first-order valence-electron chi connectivity index (χ1n) is 8.68. The highest BCUT2D eigenvalue weighted by atomic mass is 16.5. The number of ether oxygens (including phenoxy) is 1. The van der Waals surface area contributed by atoms with Crippen molar-refractivity contribution >= 4 is 27.5 Å². The van der Waals surface area contributed by atoms with Gasteiger partial charge in [-0.15, -0.1) is 0 Å². The van der Waals surface area contributed by atoms with E-state index < -0.39 is 0 Å². The van der Waals surface area contributed by atoms with Crippen molar-refractivity contribution < 1.29 is 9.84 Å². The number of nitrogens with zero attached hydrogens (tertiary/aromatic N) is 2. The summed E-state index contributed by atoms with van der Waals surface area (Å²) in [6, 6.07) is 22.5. The number of aliphatic hydroxyl groups excluding tert-OH is 1. The summed E-state index contributed by atoms with van der Waals surface area (Å²) in [5.41, 5.74) is 4.30. The number of fused-ring (bicyclic) bond motifs is 3. The van der Waals surface area contributed by atoms with Crippen molar-refractivity contribution in [1.82, 2.24) is 4.57 Å². The first kappa shape index (κ1) is 16.5. The number of hydrogen-bond donors (Lipinski definition) is 1. The average Bonchev–Trinajstić information content (AvgIpc) is 2.99. The van der Waals surface area contributed by atoms with E-state index >= 15 is 0 Å². The Bertz CT molecular complexity index is 1050. The molecule has 0 radical (unpaired) electrons. The molecule has 0 amide bonds. The van der Waals surface area contributed by atoms with Crippen LogP contribution in [0, 0.1) is 0 Å². The van der Waals surface area contributed by atoms with Crippen LogP contribution in [-0.4, -0.2) is 23.8 Å². The quantitative estimate of drug-likeness (QED) is 0.582. The van der Waals surface area contributed by atoms with Crippen LogP contribution in [0.1, 0.15) is 5.56 Å².